The summed E-state index contributed by atoms with van der Waals surface area (Å²) in [5.74, 6) is -0.907. The number of aryl methyl sites for hydroxylation is 2. The zero-order valence-corrected chi connectivity index (χ0v) is 14.9. The van der Waals surface area contributed by atoms with Crippen molar-refractivity contribution in [1.29, 1.82) is 0 Å². The molecule has 1 aromatic carbocycles. The maximum Gasteiger partial charge on any atom is 0.326 e. The molecule has 0 radical (unpaired) electrons. The number of benzene rings is 1. The molecule has 1 N–H and O–H groups in total. The van der Waals surface area contributed by atoms with E-state index in [9.17, 15) is 14.7 Å². The molecule has 26 heavy (non-hydrogen) atoms. The lowest BCUT2D eigenvalue weighted by Gasteiger charge is -2.30. The van der Waals surface area contributed by atoms with Gasteiger partial charge in [-0.2, -0.15) is 5.10 Å². The molecule has 3 heterocycles. The quantitative estimate of drug-likeness (QED) is 0.907. The normalized spacial score (nSPS) is 21.9. The van der Waals surface area contributed by atoms with Crippen LogP contribution in [0.15, 0.2) is 30.6 Å². The molecule has 2 unspecified atom stereocenters. The van der Waals surface area contributed by atoms with Crippen molar-refractivity contribution in [1.82, 2.24) is 14.7 Å². The monoisotopic (exact) mass is 354 g/mol. The maximum absolute atomic E-state index is 13.2. The number of fused-ring (bicyclic) bond motifs is 1. The molecule has 0 saturated carbocycles. The van der Waals surface area contributed by atoms with Crippen LogP contribution in [0.3, 0.4) is 0 Å². The van der Waals surface area contributed by atoms with E-state index >= 15 is 0 Å². The molecule has 7 heteroatoms. The third-order valence-corrected chi connectivity index (χ3v) is 5.34. The van der Waals surface area contributed by atoms with Crippen LogP contribution in [0.5, 0.6) is 0 Å². The first-order valence-electron chi connectivity index (χ1n) is 8.81. The van der Waals surface area contributed by atoms with Crippen LogP contribution in [-0.4, -0.2) is 43.7 Å². The van der Waals surface area contributed by atoms with Gasteiger partial charge in [-0.05, 0) is 30.9 Å². The van der Waals surface area contributed by atoms with E-state index in [2.05, 4.69) is 23.3 Å². The van der Waals surface area contributed by atoms with Gasteiger partial charge in [0.1, 0.15) is 12.1 Å². The highest BCUT2D eigenvalue weighted by atomic mass is 16.4. The lowest BCUT2D eigenvalue weighted by molar-refractivity contribution is -0.138. The van der Waals surface area contributed by atoms with Crippen molar-refractivity contribution in [2.45, 2.75) is 44.9 Å². The van der Waals surface area contributed by atoms with Crippen molar-refractivity contribution in [3.05, 3.63) is 47.3 Å². The third kappa shape index (κ3) is 2.73. The number of carbonyl (C=O) groups excluding carboxylic acids is 1. The first-order chi connectivity index (χ1) is 12.4. The Bertz CT molecular complexity index is 875. The van der Waals surface area contributed by atoms with Crippen molar-refractivity contribution in [2.75, 3.05) is 4.90 Å². The fourth-order valence-corrected chi connectivity index (χ4v) is 4.09. The van der Waals surface area contributed by atoms with Crippen LogP contribution in [0.1, 0.15) is 29.5 Å². The van der Waals surface area contributed by atoms with Crippen molar-refractivity contribution in [3.8, 4) is 0 Å². The largest absolute Gasteiger partial charge is 0.480 e. The van der Waals surface area contributed by atoms with Gasteiger partial charge in [-0.1, -0.05) is 23.8 Å². The molecule has 0 aliphatic carbocycles. The van der Waals surface area contributed by atoms with Gasteiger partial charge in [-0.15, -0.1) is 0 Å². The molecule has 2 aliphatic rings. The van der Waals surface area contributed by atoms with Gasteiger partial charge in [0.25, 0.3) is 0 Å². The van der Waals surface area contributed by atoms with E-state index in [0.717, 1.165) is 0 Å². The zero-order chi connectivity index (χ0) is 18.4. The van der Waals surface area contributed by atoms with E-state index in [1.54, 1.807) is 29.0 Å². The highest BCUT2D eigenvalue weighted by Crippen LogP contribution is 2.33. The van der Waals surface area contributed by atoms with Crippen LogP contribution in [0, 0.1) is 6.92 Å². The number of hydrogen-bond acceptors (Lipinski definition) is 4. The molecule has 7 nitrogen and oxygen atoms in total. The Morgan fingerprint density at radius 3 is 2.58 bits per heavy atom. The Balaban J connectivity index is 1.60. The van der Waals surface area contributed by atoms with Crippen molar-refractivity contribution >= 4 is 17.6 Å². The number of carboxylic acids is 1. The lowest BCUT2D eigenvalue weighted by Crippen LogP contribution is -2.48. The number of aliphatic carboxylic acids is 1. The summed E-state index contributed by atoms with van der Waals surface area (Å²) >= 11 is 0. The molecule has 1 amide bonds. The Kier molecular flexibility index (Phi) is 3.94. The molecule has 1 aromatic heterocycles. The van der Waals surface area contributed by atoms with Crippen LogP contribution in [-0.2, 0) is 29.7 Å². The average Bonchev–Trinajstić information content (AvgIpc) is 3.30. The number of anilines is 1. The first-order valence-corrected chi connectivity index (χ1v) is 8.81. The van der Waals surface area contributed by atoms with E-state index in [1.807, 2.05) is 11.8 Å². The van der Waals surface area contributed by atoms with E-state index in [0.29, 0.717) is 31.6 Å². The van der Waals surface area contributed by atoms with Crippen molar-refractivity contribution in [2.24, 2.45) is 7.05 Å². The number of amides is 1. The molecule has 4 rings (SSSR count). The van der Waals surface area contributed by atoms with E-state index in [-0.39, 0.29) is 5.91 Å². The smallest absolute Gasteiger partial charge is 0.326 e. The fourth-order valence-electron chi connectivity index (χ4n) is 4.09. The molecule has 136 valence electrons. The van der Waals surface area contributed by atoms with Gasteiger partial charge < -0.3 is 14.9 Å². The van der Waals surface area contributed by atoms with E-state index in [4.69, 9.17) is 0 Å². The number of carbonyl (C=O) groups is 2. The molecule has 2 aliphatic heterocycles. The second-order valence-electron chi connectivity index (χ2n) is 7.19. The molecular weight excluding hydrogens is 332 g/mol. The van der Waals surface area contributed by atoms with Gasteiger partial charge in [0.05, 0.1) is 11.9 Å². The van der Waals surface area contributed by atoms with Crippen LogP contribution in [0.4, 0.5) is 5.69 Å². The van der Waals surface area contributed by atoms with Crippen molar-refractivity contribution < 1.29 is 14.7 Å². The third-order valence-electron chi connectivity index (χ3n) is 5.34. The molecule has 0 bridgehead atoms. The summed E-state index contributed by atoms with van der Waals surface area (Å²) in [6, 6.07) is 5.10. The van der Waals surface area contributed by atoms with Crippen LogP contribution in [0.25, 0.3) is 0 Å². The summed E-state index contributed by atoms with van der Waals surface area (Å²) in [5.41, 5.74) is 4.22. The van der Waals surface area contributed by atoms with Gasteiger partial charge >= 0.3 is 5.97 Å². The molecule has 1 saturated heterocycles. The second kappa shape index (κ2) is 6.16. The SMILES string of the molecule is Cc1ccc2c(c1)CN(C(=O)C1CCC(C(=O)O)N1c1cnn(C)c1)C2. The predicted molar refractivity (Wildman–Crippen MR) is 95.6 cm³/mol. The minimum atomic E-state index is -0.899. The average molecular weight is 354 g/mol. The highest BCUT2D eigenvalue weighted by molar-refractivity contribution is 5.90. The summed E-state index contributed by atoms with van der Waals surface area (Å²) in [6.07, 6.45) is 4.39. The van der Waals surface area contributed by atoms with Gasteiger partial charge in [-0.25, -0.2) is 4.79 Å². The fraction of sp³-hybridized carbons (Fsp3) is 0.421. The number of carboxylic acid groups (broad SMARTS) is 1. The summed E-state index contributed by atoms with van der Waals surface area (Å²) in [4.78, 5) is 28.5. The minimum Gasteiger partial charge on any atom is -0.480 e. The Hall–Kier alpha value is -2.83. The van der Waals surface area contributed by atoms with Crippen LogP contribution >= 0.6 is 0 Å². The molecule has 1 fully saturated rings. The summed E-state index contributed by atoms with van der Waals surface area (Å²) in [6.45, 7) is 3.22. The maximum atomic E-state index is 13.2. The highest BCUT2D eigenvalue weighted by Gasteiger charge is 2.44. The van der Waals surface area contributed by atoms with Gasteiger partial charge in [0.2, 0.25) is 5.91 Å². The molecule has 0 spiro atoms. The van der Waals surface area contributed by atoms with Gasteiger partial charge in [0.15, 0.2) is 0 Å². The minimum absolute atomic E-state index is 0.00791. The summed E-state index contributed by atoms with van der Waals surface area (Å²) < 4.78 is 1.63. The lowest BCUT2D eigenvalue weighted by atomic mass is 10.1. The van der Waals surface area contributed by atoms with Gasteiger partial charge in [0, 0.05) is 26.3 Å². The Labute approximate surface area is 151 Å². The predicted octanol–water partition coefficient (Wildman–Crippen LogP) is 1.69. The second-order valence-corrected chi connectivity index (χ2v) is 7.19. The van der Waals surface area contributed by atoms with Crippen LogP contribution < -0.4 is 4.90 Å². The van der Waals surface area contributed by atoms with Gasteiger partial charge in [-0.3, -0.25) is 9.48 Å². The van der Waals surface area contributed by atoms with Crippen molar-refractivity contribution in [3.63, 3.8) is 0 Å². The summed E-state index contributed by atoms with van der Waals surface area (Å²) in [7, 11) is 1.78. The Morgan fingerprint density at radius 1 is 1.15 bits per heavy atom. The molecule has 2 atom stereocenters. The Morgan fingerprint density at radius 2 is 1.88 bits per heavy atom. The zero-order valence-electron chi connectivity index (χ0n) is 14.9. The van der Waals surface area contributed by atoms with E-state index < -0.39 is 18.1 Å². The summed E-state index contributed by atoms with van der Waals surface area (Å²) in [5, 5.41) is 13.7. The number of rotatable bonds is 3. The number of hydrogen-bond donors (Lipinski definition) is 1. The molecule has 2 aromatic rings. The standard InChI is InChI=1S/C19H22N4O3/c1-12-3-4-13-9-22(10-14(13)7-12)18(24)16-5-6-17(19(25)26)23(16)15-8-20-21(2)11-15/h3-4,7-8,11,16-17H,5-6,9-10H2,1-2H3,(H,25,26). The molecular formula is C19H22N4O3. The number of nitrogens with zero attached hydrogens (tertiary/aromatic N) is 4. The first kappa shape index (κ1) is 16.6. The number of aromatic nitrogens is 2. The topological polar surface area (TPSA) is 78.7 Å². The van der Waals surface area contributed by atoms with E-state index in [1.165, 1.54) is 16.7 Å². The van der Waals surface area contributed by atoms with Crippen LogP contribution in [0.2, 0.25) is 0 Å².